The Labute approximate surface area is 164 Å². The zero-order chi connectivity index (χ0) is 19.2. The van der Waals surface area contributed by atoms with Crippen LogP contribution in [0.1, 0.15) is 17.0 Å². The van der Waals surface area contributed by atoms with Gasteiger partial charge in [-0.1, -0.05) is 46.8 Å². The van der Waals surface area contributed by atoms with Crippen LogP contribution >= 0.6 is 11.3 Å². The molecule has 4 rings (SSSR count). The third kappa shape index (κ3) is 4.60. The molecule has 0 bridgehead atoms. The minimum Gasteiger partial charge on any atom is -0.456 e. The predicted octanol–water partition coefficient (Wildman–Crippen LogP) is 3.80. The van der Waals surface area contributed by atoms with Crippen molar-refractivity contribution in [2.45, 2.75) is 13.2 Å². The van der Waals surface area contributed by atoms with Crippen molar-refractivity contribution in [3.05, 3.63) is 83.1 Å². The van der Waals surface area contributed by atoms with Crippen LogP contribution in [0.5, 0.6) is 0 Å². The van der Waals surface area contributed by atoms with E-state index in [-0.39, 0.29) is 6.61 Å². The Hall–Kier alpha value is -3.52. The minimum atomic E-state index is -0.488. The zero-order valence-electron chi connectivity index (χ0n) is 14.8. The molecule has 0 N–H and O–H groups in total. The van der Waals surface area contributed by atoms with Crippen molar-refractivity contribution in [2.75, 3.05) is 0 Å². The number of thiophene rings is 1. The lowest BCUT2D eigenvalue weighted by Gasteiger charge is -1.99. The molecule has 1 aromatic carbocycles. The molecule has 140 valence electrons. The second-order valence-corrected chi connectivity index (χ2v) is 6.88. The molecule has 3 aromatic heterocycles. The number of benzene rings is 1. The van der Waals surface area contributed by atoms with Crippen LogP contribution in [0.15, 0.2) is 70.7 Å². The SMILES string of the molecule is O=C(/C=C/c1cn(Cc2ccccc2)nn1)OCc1cc(-c2cccs2)on1. The van der Waals surface area contributed by atoms with Gasteiger partial charge in [0.1, 0.15) is 18.0 Å². The van der Waals surface area contributed by atoms with Gasteiger partial charge in [0, 0.05) is 12.1 Å². The molecule has 0 saturated heterocycles. The second-order valence-electron chi connectivity index (χ2n) is 5.93. The number of hydrogen-bond acceptors (Lipinski definition) is 7. The maximum atomic E-state index is 11.9. The third-order valence-corrected chi connectivity index (χ3v) is 4.70. The van der Waals surface area contributed by atoms with Crippen molar-refractivity contribution in [3.8, 4) is 10.6 Å². The molecule has 0 fully saturated rings. The Morgan fingerprint density at radius 1 is 1.21 bits per heavy atom. The highest BCUT2D eigenvalue weighted by molar-refractivity contribution is 7.13. The molecule has 7 nitrogen and oxygen atoms in total. The van der Waals surface area contributed by atoms with E-state index in [9.17, 15) is 4.79 Å². The van der Waals surface area contributed by atoms with Gasteiger partial charge >= 0.3 is 5.97 Å². The number of nitrogens with zero attached hydrogens (tertiary/aromatic N) is 4. The molecule has 0 spiro atoms. The van der Waals surface area contributed by atoms with E-state index >= 15 is 0 Å². The number of ether oxygens (including phenoxy) is 1. The van der Waals surface area contributed by atoms with Crippen LogP contribution in [0.25, 0.3) is 16.7 Å². The summed E-state index contributed by atoms with van der Waals surface area (Å²) in [6.45, 7) is 0.656. The molecule has 0 atom stereocenters. The molecule has 3 heterocycles. The lowest BCUT2D eigenvalue weighted by Crippen LogP contribution is -2.00. The van der Waals surface area contributed by atoms with Gasteiger partial charge in [-0.2, -0.15) is 0 Å². The maximum Gasteiger partial charge on any atom is 0.331 e. The number of hydrogen-bond donors (Lipinski definition) is 0. The molecule has 8 heteroatoms. The molecule has 0 unspecified atom stereocenters. The average molecular weight is 392 g/mol. The molecule has 0 aliphatic rings. The summed E-state index contributed by atoms with van der Waals surface area (Å²) in [5, 5.41) is 13.9. The highest BCUT2D eigenvalue weighted by Crippen LogP contribution is 2.25. The van der Waals surface area contributed by atoms with Gasteiger partial charge in [-0.15, -0.1) is 16.4 Å². The van der Waals surface area contributed by atoms with E-state index in [0.29, 0.717) is 23.7 Å². The zero-order valence-corrected chi connectivity index (χ0v) is 15.6. The van der Waals surface area contributed by atoms with Crippen LogP contribution < -0.4 is 0 Å². The third-order valence-electron chi connectivity index (χ3n) is 3.82. The standard InChI is InChI=1S/C20H16N4O3S/c25-20(26-14-17-11-18(27-22-17)19-7-4-10-28-19)9-8-16-13-24(23-21-16)12-15-5-2-1-3-6-15/h1-11,13H,12,14H2/b9-8+. The first-order valence-electron chi connectivity index (χ1n) is 8.54. The minimum absolute atomic E-state index is 0.0404. The van der Waals surface area contributed by atoms with E-state index in [2.05, 4.69) is 15.5 Å². The van der Waals surface area contributed by atoms with Crippen molar-refractivity contribution >= 4 is 23.4 Å². The van der Waals surface area contributed by atoms with Crippen molar-refractivity contribution in [2.24, 2.45) is 0 Å². The highest BCUT2D eigenvalue weighted by atomic mass is 32.1. The van der Waals surface area contributed by atoms with Crippen molar-refractivity contribution in [1.29, 1.82) is 0 Å². The summed E-state index contributed by atoms with van der Waals surface area (Å²) in [5.74, 6) is 0.171. The first-order chi connectivity index (χ1) is 13.8. The van der Waals surface area contributed by atoms with Crippen molar-refractivity contribution in [1.82, 2.24) is 20.2 Å². The predicted molar refractivity (Wildman–Crippen MR) is 104 cm³/mol. The molecule has 0 aliphatic carbocycles. The van der Waals surface area contributed by atoms with E-state index in [4.69, 9.17) is 9.26 Å². The van der Waals surface area contributed by atoms with Gasteiger partial charge in [0.15, 0.2) is 5.76 Å². The van der Waals surface area contributed by atoms with Gasteiger partial charge in [-0.25, -0.2) is 9.48 Å². The number of carbonyl (C=O) groups excluding carboxylic acids is 1. The van der Waals surface area contributed by atoms with Crippen LogP contribution in [0, 0.1) is 0 Å². The van der Waals surface area contributed by atoms with E-state index in [0.717, 1.165) is 10.4 Å². The van der Waals surface area contributed by atoms with Gasteiger partial charge in [-0.05, 0) is 23.1 Å². The van der Waals surface area contributed by atoms with E-state index in [1.54, 1.807) is 34.4 Å². The molecule has 0 amide bonds. The molecule has 0 radical (unpaired) electrons. The van der Waals surface area contributed by atoms with E-state index in [1.165, 1.54) is 6.08 Å². The fraction of sp³-hybridized carbons (Fsp3) is 0.100. The number of aromatic nitrogens is 4. The fourth-order valence-corrected chi connectivity index (χ4v) is 3.17. The van der Waals surface area contributed by atoms with Crippen LogP contribution in [-0.4, -0.2) is 26.1 Å². The Morgan fingerprint density at radius 2 is 2.11 bits per heavy atom. The lowest BCUT2D eigenvalue weighted by atomic mass is 10.2. The first kappa shape index (κ1) is 17.9. The van der Waals surface area contributed by atoms with Crippen molar-refractivity contribution < 1.29 is 14.1 Å². The fourth-order valence-electron chi connectivity index (χ4n) is 2.50. The summed E-state index contributed by atoms with van der Waals surface area (Å²) in [7, 11) is 0. The molecular formula is C20H16N4O3S. The number of carbonyl (C=O) groups is 1. The summed E-state index contributed by atoms with van der Waals surface area (Å²) in [5.41, 5.74) is 2.25. The molecule has 0 saturated carbocycles. The highest BCUT2D eigenvalue weighted by Gasteiger charge is 2.09. The van der Waals surface area contributed by atoms with E-state index < -0.39 is 5.97 Å². The molecular weight excluding hydrogens is 376 g/mol. The number of rotatable bonds is 7. The summed E-state index contributed by atoms with van der Waals surface area (Å²) < 4.78 is 12.1. The number of esters is 1. The maximum absolute atomic E-state index is 11.9. The normalized spacial score (nSPS) is 11.1. The summed E-state index contributed by atoms with van der Waals surface area (Å²) in [6, 6.07) is 15.6. The van der Waals surface area contributed by atoms with Crippen LogP contribution in [-0.2, 0) is 22.7 Å². The topological polar surface area (TPSA) is 83.0 Å². The van der Waals surface area contributed by atoms with Crippen molar-refractivity contribution in [3.63, 3.8) is 0 Å². The Balaban J connectivity index is 1.28. The Morgan fingerprint density at radius 3 is 2.93 bits per heavy atom. The van der Waals surface area contributed by atoms with Gasteiger partial charge in [0.05, 0.1) is 17.6 Å². The molecule has 4 aromatic rings. The molecule has 28 heavy (non-hydrogen) atoms. The summed E-state index contributed by atoms with van der Waals surface area (Å²) >= 11 is 1.55. The van der Waals surface area contributed by atoms with Crippen LogP contribution in [0.4, 0.5) is 0 Å². The van der Waals surface area contributed by atoms with Gasteiger partial charge in [0.25, 0.3) is 0 Å². The van der Waals surface area contributed by atoms with Gasteiger partial charge < -0.3 is 9.26 Å². The van der Waals surface area contributed by atoms with E-state index in [1.807, 2.05) is 47.8 Å². The smallest absolute Gasteiger partial charge is 0.331 e. The van der Waals surface area contributed by atoms with Crippen LogP contribution in [0.2, 0.25) is 0 Å². The van der Waals surface area contributed by atoms with Gasteiger partial charge in [-0.3, -0.25) is 0 Å². The monoisotopic (exact) mass is 392 g/mol. The summed E-state index contributed by atoms with van der Waals surface area (Å²) in [6.07, 6.45) is 4.65. The Bertz CT molecular complexity index is 1070. The molecule has 0 aliphatic heterocycles. The second kappa shape index (κ2) is 8.45. The quantitative estimate of drug-likeness (QED) is 0.351. The summed E-state index contributed by atoms with van der Waals surface area (Å²) in [4.78, 5) is 12.9. The van der Waals surface area contributed by atoms with Crippen LogP contribution in [0.3, 0.4) is 0 Å². The lowest BCUT2D eigenvalue weighted by molar-refractivity contribution is -0.139. The Kier molecular flexibility index (Phi) is 5.39. The first-order valence-corrected chi connectivity index (χ1v) is 9.42. The van der Waals surface area contributed by atoms with Gasteiger partial charge in [0.2, 0.25) is 0 Å². The average Bonchev–Trinajstić information content (AvgIpc) is 3.47. The largest absolute Gasteiger partial charge is 0.456 e.